The number of nitro benzene ring substituents is 1. The molecule has 0 atom stereocenters. The van der Waals surface area contributed by atoms with Crippen molar-refractivity contribution in [3.63, 3.8) is 0 Å². The Balaban J connectivity index is 1.52. The molecule has 3 aromatic rings. The molecule has 0 radical (unpaired) electrons. The van der Waals surface area contributed by atoms with Gasteiger partial charge in [-0.25, -0.2) is 5.43 Å². The fourth-order valence-electron chi connectivity index (χ4n) is 2.35. The lowest BCUT2D eigenvalue weighted by Gasteiger charge is -2.04. The molecule has 0 aliphatic carbocycles. The van der Waals surface area contributed by atoms with Gasteiger partial charge in [0, 0.05) is 28.3 Å². The average molecular weight is 391 g/mol. The third kappa shape index (κ3) is 5.52. The van der Waals surface area contributed by atoms with Crippen molar-refractivity contribution < 1.29 is 9.72 Å². The zero-order valence-electron chi connectivity index (χ0n) is 14.8. The van der Waals surface area contributed by atoms with E-state index in [4.69, 9.17) is 0 Å². The van der Waals surface area contributed by atoms with Crippen LogP contribution in [0.1, 0.15) is 21.5 Å². The number of nitro groups is 1. The van der Waals surface area contributed by atoms with E-state index in [-0.39, 0.29) is 11.6 Å². The summed E-state index contributed by atoms with van der Waals surface area (Å²) in [6, 6.07) is 23.4. The number of thioether (sulfide) groups is 1. The van der Waals surface area contributed by atoms with Gasteiger partial charge in [0.05, 0.1) is 11.1 Å². The highest BCUT2D eigenvalue weighted by molar-refractivity contribution is 7.98. The zero-order valence-corrected chi connectivity index (χ0v) is 15.6. The molecular formula is C21H17N3O3S. The molecular weight excluding hydrogens is 374 g/mol. The zero-order chi connectivity index (χ0) is 19.8. The lowest BCUT2D eigenvalue weighted by molar-refractivity contribution is -0.384. The van der Waals surface area contributed by atoms with Gasteiger partial charge < -0.3 is 0 Å². The highest BCUT2D eigenvalue weighted by Crippen LogP contribution is 2.22. The summed E-state index contributed by atoms with van der Waals surface area (Å²) in [7, 11) is 0. The Morgan fingerprint density at radius 1 is 1.00 bits per heavy atom. The first kappa shape index (κ1) is 19.3. The molecule has 0 saturated carbocycles. The van der Waals surface area contributed by atoms with Crippen molar-refractivity contribution in [2.24, 2.45) is 5.10 Å². The molecule has 3 aromatic carbocycles. The predicted octanol–water partition coefficient (Wildman–Crippen LogP) is 4.65. The van der Waals surface area contributed by atoms with Gasteiger partial charge in [0.2, 0.25) is 0 Å². The van der Waals surface area contributed by atoms with Gasteiger partial charge in [-0.05, 0) is 47.5 Å². The number of rotatable bonds is 7. The van der Waals surface area contributed by atoms with Crippen LogP contribution in [-0.2, 0) is 5.75 Å². The Bertz CT molecular complexity index is 972. The minimum atomic E-state index is -0.468. The average Bonchev–Trinajstić information content (AvgIpc) is 2.73. The highest BCUT2D eigenvalue weighted by atomic mass is 32.2. The summed E-state index contributed by atoms with van der Waals surface area (Å²) in [5, 5.41) is 14.5. The molecule has 0 aliphatic heterocycles. The SMILES string of the molecule is O=C(N/N=C\c1ccc([N+](=O)[O-])cc1)c1ccc(CSc2ccccc2)cc1. The summed E-state index contributed by atoms with van der Waals surface area (Å²) in [6.07, 6.45) is 1.44. The van der Waals surface area contributed by atoms with Gasteiger partial charge in [0.15, 0.2) is 0 Å². The van der Waals surface area contributed by atoms with Crippen LogP contribution in [0.3, 0.4) is 0 Å². The third-order valence-electron chi connectivity index (χ3n) is 3.85. The Morgan fingerprint density at radius 3 is 2.32 bits per heavy atom. The van der Waals surface area contributed by atoms with E-state index < -0.39 is 4.92 Å². The first-order valence-electron chi connectivity index (χ1n) is 8.46. The quantitative estimate of drug-likeness (QED) is 0.275. The number of non-ortho nitro benzene ring substituents is 1. The van der Waals surface area contributed by atoms with E-state index in [1.54, 1.807) is 36.0 Å². The number of carbonyl (C=O) groups is 1. The second kappa shape index (κ2) is 9.48. The van der Waals surface area contributed by atoms with E-state index in [1.165, 1.54) is 23.2 Å². The fourth-order valence-corrected chi connectivity index (χ4v) is 3.22. The summed E-state index contributed by atoms with van der Waals surface area (Å²) >= 11 is 1.74. The lowest BCUT2D eigenvalue weighted by atomic mass is 10.1. The van der Waals surface area contributed by atoms with Gasteiger partial charge >= 0.3 is 0 Å². The summed E-state index contributed by atoms with van der Waals surface area (Å²) in [4.78, 5) is 23.5. The number of nitrogens with one attached hydrogen (secondary N) is 1. The molecule has 0 aromatic heterocycles. The maximum absolute atomic E-state index is 12.1. The van der Waals surface area contributed by atoms with Crippen molar-refractivity contribution in [3.05, 3.63) is 106 Å². The maximum Gasteiger partial charge on any atom is 0.271 e. The standard InChI is InChI=1S/C21H17N3O3S/c25-21(23-22-14-16-8-12-19(13-9-16)24(26)27)18-10-6-17(7-11-18)15-28-20-4-2-1-3-5-20/h1-14H,15H2,(H,23,25)/b22-14-. The Kier molecular flexibility index (Phi) is 6.54. The number of hydrazone groups is 1. The Morgan fingerprint density at radius 2 is 1.68 bits per heavy atom. The molecule has 1 N–H and O–H groups in total. The normalized spacial score (nSPS) is 10.7. The molecule has 0 heterocycles. The second-order valence-corrected chi connectivity index (χ2v) is 6.90. The minimum absolute atomic E-state index is 0.00621. The molecule has 7 heteroatoms. The summed E-state index contributed by atoms with van der Waals surface area (Å²) in [6.45, 7) is 0. The number of benzene rings is 3. The molecule has 0 fully saturated rings. The van der Waals surface area contributed by atoms with Crippen LogP contribution in [0.5, 0.6) is 0 Å². The van der Waals surface area contributed by atoms with Crippen LogP contribution in [-0.4, -0.2) is 17.0 Å². The molecule has 3 rings (SSSR count). The van der Waals surface area contributed by atoms with Crippen LogP contribution in [0, 0.1) is 10.1 Å². The highest BCUT2D eigenvalue weighted by Gasteiger charge is 2.05. The van der Waals surface area contributed by atoms with Crippen LogP contribution in [0.25, 0.3) is 0 Å². The first-order chi connectivity index (χ1) is 13.6. The van der Waals surface area contributed by atoms with Crippen molar-refractivity contribution in [2.75, 3.05) is 0 Å². The second-order valence-electron chi connectivity index (χ2n) is 5.85. The molecule has 140 valence electrons. The van der Waals surface area contributed by atoms with Gasteiger partial charge in [-0.2, -0.15) is 5.10 Å². The lowest BCUT2D eigenvalue weighted by Crippen LogP contribution is -2.17. The van der Waals surface area contributed by atoms with Gasteiger partial charge in [-0.3, -0.25) is 14.9 Å². The third-order valence-corrected chi connectivity index (χ3v) is 4.93. The van der Waals surface area contributed by atoms with E-state index in [9.17, 15) is 14.9 Å². The van der Waals surface area contributed by atoms with Crippen molar-refractivity contribution >= 4 is 29.6 Å². The number of carbonyl (C=O) groups excluding carboxylic acids is 1. The summed E-state index contributed by atoms with van der Waals surface area (Å²) < 4.78 is 0. The van der Waals surface area contributed by atoms with E-state index in [1.807, 2.05) is 30.3 Å². The molecule has 0 bridgehead atoms. The van der Waals surface area contributed by atoms with Crippen molar-refractivity contribution in [1.82, 2.24) is 5.43 Å². The van der Waals surface area contributed by atoms with Gasteiger partial charge in [0.1, 0.15) is 0 Å². The van der Waals surface area contributed by atoms with E-state index in [2.05, 4.69) is 22.7 Å². The van der Waals surface area contributed by atoms with Crippen molar-refractivity contribution in [1.29, 1.82) is 0 Å². The Hall–Kier alpha value is -3.45. The predicted molar refractivity (Wildman–Crippen MR) is 111 cm³/mol. The van der Waals surface area contributed by atoms with Gasteiger partial charge in [-0.15, -0.1) is 11.8 Å². The molecule has 0 spiro atoms. The van der Waals surface area contributed by atoms with Gasteiger partial charge in [-0.1, -0.05) is 30.3 Å². The first-order valence-corrected chi connectivity index (χ1v) is 9.45. The largest absolute Gasteiger partial charge is 0.271 e. The number of nitrogens with zero attached hydrogens (tertiary/aromatic N) is 2. The maximum atomic E-state index is 12.1. The van der Waals surface area contributed by atoms with Crippen LogP contribution >= 0.6 is 11.8 Å². The van der Waals surface area contributed by atoms with E-state index >= 15 is 0 Å². The molecule has 0 aliphatic rings. The minimum Gasteiger partial charge on any atom is -0.267 e. The van der Waals surface area contributed by atoms with Crippen LogP contribution in [0.2, 0.25) is 0 Å². The number of hydrogen-bond donors (Lipinski definition) is 1. The number of hydrogen-bond acceptors (Lipinski definition) is 5. The molecule has 1 amide bonds. The fraction of sp³-hybridized carbons (Fsp3) is 0.0476. The monoisotopic (exact) mass is 391 g/mol. The molecule has 28 heavy (non-hydrogen) atoms. The molecule has 0 unspecified atom stereocenters. The van der Waals surface area contributed by atoms with Crippen LogP contribution in [0.15, 0.2) is 88.9 Å². The topological polar surface area (TPSA) is 84.6 Å². The van der Waals surface area contributed by atoms with E-state index in [0.717, 1.165) is 11.3 Å². The summed E-state index contributed by atoms with van der Waals surface area (Å²) in [5.41, 5.74) is 4.75. The smallest absolute Gasteiger partial charge is 0.267 e. The summed E-state index contributed by atoms with van der Waals surface area (Å²) in [5.74, 6) is 0.505. The Labute approximate surface area is 166 Å². The number of amides is 1. The van der Waals surface area contributed by atoms with E-state index in [0.29, 0.717) is 11.1 Å². The molecule has 6 nitrogen and oxygen atoms in total. The van der Waals surface area contributed by atoms with Crippen molar-refractivity contribution in [2.45, 2.75) is 10.6 Å². The molecule has 0 saturated heterocycles. The van der Waals surface area contributed by atoms with Crippen LogP contribution in [0.4, 0.5) is 5.69 Å². The van der Waals surface area contributed by atoms with Crippen molar-refractivity contribution in [3.8, 4) is 0 Å². The van der Waals surface area contributed by atoms with Crippen LogP contribution < -0.4 is 5.43 Å². The van der Waals surface area contributed by atoms with Gasteiger partial charge in [0.25, 0.3) is 11.6 Å².